The van der Waals surface area contributed by atoms with Crippen LogP contribution in [0, 0.1) is 5.92 Å². The topological polar surface area (TPSA) is 93.5 Å². The number of amides is 1. The minimum Gasteiger partial charge on any atom is -0.390 e. The molecular weight excluding hydrogens is 298 g/mol. The van der Waals surface area contributed by atoms with Crippen molar-refractivity contribution < 1.29 is 14.6 Å². The van der Waals surface area contributed by atoms with Crippen molar-refractivity contribution in [2.45, 2.75) is 64.9 Å². The lowest BCUT2D eigenvalue weighted by atomic mass is 10.1. The van der Waals surface area contributed by atoms with Gasteiger partial charge in [-0.05, 0) is 38.2 Å². The summed E-state index contributed by atoms with van der Waals surface area (Å²) in [5.74, 6) is 0.556. The number of carbonyl (C=O) groups excluding carboxylic acids is 1. The van der Waals surface area contributed by atoms with Crippen LogP contribution in [0.4, 0.5) is 5.82 Å². The second-order valence-electron chi connectivity index (χ2n) is 6.42. The van der Waals surface area contributed by atoms with E-state index in [0.717, 1.165) is 6.42 Å². The minimum absolute atomic E-state index is 0.144. The first kappa shape index (κ1) is 17.6. The van der Waals surface area contributed by atoms with Gasteiger partial charge in [-0.3, -0.25) is 9.36 Å². The lowest BCUT2D eigenvalue weighted by molar-refractivity contribution is -0.139. The number of aliphatic hydroxyl groups excluding tert-OH is 1. The number of ether oxygens (including phenoxy) is 1. The summed E-state index contributed by atoms with van der Waals surface area (Å²) in [5.41, 5.74) is -0.472. The van der Waals surface area contributed by atoms with Crippen LogP contribution >= 0.6 is 0 Å². The van der Waals surface area contributed by atoms with Gasteiger partial charge in [0.05, 0.1) is 12.2 Å². The molecule has 0 radical (unpaired) electrons. The maximum Gasteiger partial charge on any atom is 0.351 e. The molecule has 1 aliphatic heterocycles. The second kappa shape index (κ2) is 7.70. The van der Waals surface area contributed by atoms with Crippen molar-refractivity contribution in [1.29, 1.82) is 0 Å². The van der Waals surface area contributed by atoms with Gasteiger partial charge in [0.2, 0.25) is 5.91 Å². The normalized spacial score (nSPS) is 24.7. The van der Waals surface area contributed by atoms with Gasteiger partial charge < -0.3 is 15.2 Å². The summed E-state index contributed by atoms with van der Waals surface area (Å²) in [5, 5.41) is 12.3. The predicted molar refractivity (Wildman–Crippen MR) is 86.0 cm³/mol. The first-order valence-corrected chi connectivity index (χ1v) is 8.09. The summed E-state index contributed by atoms with van der Waals surface area (Å²) < 4.78 is 7.03. The van der Waals surface area contributed by atoms with Gasteiger partial charge >= 0.3 is 5.69 Å². The van der Waals surface area contributed by atoms with E-state index in [1.165, 1.54) is 4.57 Å². The molecule has 2 rings (SSSR count). The Bertz CT molecular complexity index is 599. The fraction of sp³-hybridized carbons (Fsp3) is 0.688. The Morgan fingerprint density at radius 1 is 1.52 bits per heavy atom. The largest absolute Gasteiger partial charge is 0.390 e. The zero-order valence-electron chi connectivity index (χ0n) is 13.9. The highest BCUT2D eigenvalue weighted by Gasteiger charge is 2.28. The van der Waals surface area contributed by atoms with Crippen LogP contribution in [0.15, 0.2) is 17.1 Å². The monoisotopic (exact) mass is 323 g/mol. The molecule has 0 spiro atoms. The molecule has 1 aromatic rings. The number of hydrogen-bond acceptors (Lipinski definition) is 5. The summed E-state index contributed by atoms with van der Waals surface area (Å²) in [4.78, 5) is 27.8. The van der Waals surface area contributed by atoms with E-state index >= 15 is 0 Å². The van der Waals surface area contributed by atoms with E-state index in [1.54, 1.807) is 19.2 Å². The van der Waals surface area contributed by atoms with Gasteiger partial charge in [0.15, 0.2) is 0 Å². The molecule has 128 valence electrons. The van der Waals surface area contributed by atoms with Gasteiger partial charge in [0.25, 0.3) is 0 Å². The number of aliphatic hydroxyl groups is 1. The number of rotatable bonds is 5. The maximum atomic E-state index is 12.1. The molecule has 0 saturated carbocycles. The van der Waals surface area contributed by atoms with Crippen LogP contribution in [-0.4, -0.2) is 32.8 Å². The third kappa shape index (κ3) is 4.87. The van der Waals surface area contributed by atoms with E-state index in [-0.39, 0.29) is 17.8 Å². The number of nitrogens with zero attached hydrogens (tertiary/aromatic N) is 2. The van der Waals surface area contributed by atoms with E-state index in [4.69, 9.17) is 4.74 Å². The van der Waals surface area contributed by atoms with Gasteiger partial charge in [-0.2, -0.15) is 4.98 Å². The van der Waals surface area contributed by atoms with Gasteiger partial charge in [-0.25, -0.2) is 4.79 Å². The highest BCUT2D eigenvalue weighted by molar-refractivity contribution is 5.89. The number of hydrogen-bond donors (Lipinski definition) is 2. The quantitative estimate of drug-likeness (QED) is 0.860. The Kier molecular flexibility index (Phi) is 5.90. The summed E-state index contributed by atoms with van der Waals surface area (Å²) >= 11 is 0. The average Bonchev–Trinajstić information content (AvgIpc) is 2.48. The summed E-state index contributed by atoms with van der Waals surface area (Å²) in [6.45, 7) is 5.88. The van der Waals surface area contributed by atoms with Crippen molar-refractivity contribution in [3.8, 4) is 0 Å². The number of carbonyl (C=O) groups is 1. The SMILES string of the molecule is CC(C)CCC(=O)Nc1ccn(C2CCC(O)C(C)O2)c(=O)n1. The number of aromatic nitrogens is 2. The van der Waals surface area contributed by atoms with E-state index in [0.29, 0.717) is 25.2 Å². The number of nitrogens with one attached hydrogen (secondary N) is 1. The highest BCUT2D eigenvalue weighted by atomic mass is 16.5. The maximum absolute atomic E-state index is 12.1. The molecule has 1 amide bonds. The smallest absolute Gasteiger partial charge is 0.351 e. The molecule has 1 aliphatic rings. The van der Waals surface area contributed by atoms with Crippen molar-refractivity contribution >= 4 is 11.7 Å². The van der Waals surface area contributed by atoms with E-state index in [1.807, 2.05) is 0 Å². The van der Waals surface area contributed by atoms with E-state index in [9.17, 15) is 14.7 Å². The fourth-order valence-corrected chi connectivity index (χ4v) is 2.49. The van der Waals surface area contributed by atoms with Crippen molar-refractivity contribution in [2.75, 3.05) is 5.32 Å². The molecule has 0 bridgehead atoms. The molecule has 2 N–H and O–H groups in total. The standard InChI is InChI=1S/C16H25N3O4/c1-10(2)4-6-14(21)17-13-8-9-19(16(22)18-13)15-7-5-12(20)11(3)23-15/h8-12,15,20H,4-7H2,1-3H3,(H,17,18,21,22). The summed E-state index contributed by atoms with van der Waals surface area (Å²) in [7, 11) is 0. The third-order valence-corrected chi connectivity index (χ3v) is 3.98. The Labute approximate surface area is 135 Å². The van der Waals surface area contributed by atoms with Crippen LogP contribution in [0.3, 0.4) is 0 Å². The fourth-order valence-electron chi connectivity index (χ4n) is 2.49. The molecule has 7 nitrogen and oxygen atoms in total. The molecule has 1 fully saturated rings. The van der Waals surface area contributed by atoms with Gasteiger partial charge in [-0.15, -0.1) is 0 Å². The summed E-state index contributed by atoms with van der Waals surface area (Å²) in [6.07, 6.45) is 2.63. The average molecular weight is 323 g/mol. The molecule has 7 heteroatoms. The first-order valence-electron chi connectivity index (χ1n) is 8.09. The van der Waals surface area contributed by atoms with Gasteiger partial charge in [0.1, 0.15) is 12.0 Å². The van der Waals surface area contributed by atoms with E-state index in [2.05, 4.69) is 24.1 Å². The zero-order chi connectivity index (χ0) is 17.0. The van der Waals surface area contributed by atoms with Crippen molar-refractivity contribution in [3.05, 3.63) is 22.7 Å². The van der Waals surface area contributed by atoms with Crippen LogP contribution in [-0.2, 0) is 9.53 Å². The van der Waals surface area contributed by atoms with Crippen molar-refractivity contribution in [2.24, 2.45) is 5.92 Å². The molecule has 3 unspecified atom stereocenters. The van der Waals surface area contributed by atoms with Gasteiger partial charge in [-0.1, -0.05) is 13.8 Å². The Morgan fingerprint density at radius 2 is 2.26 bits per heavy atom. The lowest BCUT2D eigenvalue weighted by Crippen LogP contribution is -2.39. The van der Waals surface area contributed by atoms with Crippen LogP contribution in [0.1, 0.15) is 52.7 Å². The highest BCUT2D eigenvalue weighted by Crippen LogP contribution is 2.25. The van der Waals surface area contributed by atoms with Crippen LogP contribution < -0.4 is 11.0 Å². The van der Waals surface area contributed by atoms with Crippen LogP contribution in [0.25, 0.3) is 0 Å². The third-order valence-electron chi connectivity index (χ3n) is 3.98. The molecule has 0 aromatic carbocycles. The lowest BCUT2D eigenvalue weighted by Gasteiger charge is -2.32. The van der Waals surface area contributed by atoms with Crippen LogP contribution in [0.2, 0.25) is 0 Å². The van der Waals surface area contributed by atoms with E-state index < -0.39 is 18.0 Å². The molecule has 23 heavy (non-hydrogen) atoms. The molecule has 0 aliphatic carbocycles. The number of anilines is 1. The summed E-state index contributed by atoms with van der Waals surface area (Å²) in [6, 6.07) is 1.59. The molecule has 1 aromatic heterocycles. The Hall–Kier alpha value is -1.73. The van der Waals surface area contributed by atoms with Gasteiger partial charge in [0, 0.05) is 12.6 Å². The second-order valence-corrected chi connectivity index (χ2v) is 6.42. The van der Waals surface area contributed by atoms with Crippen molar-refractivity contribution in [1.82, 2.24) is 9.55 Å². The van der Waals surface area contributed by atoms with Crippen molar-refractivity contribution in [3.63, 3.8) is 0 Å². The first-order chi connectivity index (χ1) is 10.9. The molecule has 3 atom stereocenters. The predicted octanol–water partition coefficient (Wildman–Crippen LogP) is 1.68. The molecule has 2 heterocycles. The van der Waals surface area contributed by atoms with Crippen LogP contribution in [0.5, 0.6) is 0 Å². The molecular formula is C16H25N3O4. The Balaban J connectivity index is 2.01. The molecule has 1 saturated heterocycles. The zero-order valence-corrected chi connectivity index (χ0v) is 13.9. The Morgan fingerprint density at radius 3 is 2.87 bits per heavy atom. The minimum atomic E-state index is -0.505.